The lowest BCUT2D eigenvalue weighted by atomic mass is 9.95. The summed E-state index contributed by atoms with van der Waals surface area (Å²) in [5.41, 5.74) is -2.92. The van der Waals surface area contributed by atoms with Crippen molar-refractivity contribution in [1.29, 1.82) is 0 Å². The number of ether oxygens (including phenoxy) is 2. The molecule has 1 aliphatic heterocycles. The summed E-state index contributed by atoms with van der Waals surface area (Å²) in [4.78, 5) is 54.7. The zero-order chi connectivity index (χ0) is 26.4. The second-order valence-corrected chi connectivity index (χ2v) is 11.5. The van der Waals surface area contributed by atoms with Crippen molar-refractivity contribution in [1.82, 2.24) is 14.7 Å². The lowest BCUT2D eigenvalue weighted by Gasteiger charge is -2.26. The van der Waals surface area contributed by atoms with Crippen molar-refractivity contribution in [3.05, 3.63) is 50.5 Å². The number of nitrogens with zero attached hydrogens (tertiary/aromatic N) is 2. The maximum absolute atomic E-state index is 13.8. The van der Waals surface area contributed by atoms with Crippen LogP contribution in [0.4, 0.5) is 0 Å². The Hall–Kier alpha value is -3.36. The average Bonchev–Trinajstić information content (AvgIpc) is 3.11. The fourth-order valence-electron chi connectivity index (χ4n) is 4.79. The summed E-state index contributed by atoms with van der Waals surface area (Å²) < 4.78 is 13.5. The first-order valence-corrected chi connectivity index (χ1v) is 12.5. The van der Waals surface area contributed by atoms with E-state index in [4.69, 9.17) is 9.47 Å². The molecule has 2 heterocycles. The number of carbonyl (C=O) groups is 2. The summed E-state index contributed by atoms with van der Waals surface area (Å²) in [5, 5.41) is 3.71. The normalized spacial score (nSPS) is 18.8. The van der Waals surface area contributed by atoms with Crippen LogP contribution in [0.1, 0.15) is 79.7 Å². The summed E-state index contributed by atoms with van der Waals surface area (Å²) in [6.45, 7) is 10.3. The number of aromatic nitrogens is 2. The molecule has 1 fully saturated rings. The molecule has 36 heavy (non-hydrogen) atoms. The minimum absolute atomic E-state index is 0.0227. The van der Waals surface area contributed by atoms with Gasteiger partial charge >= 0.3 is 11.9 Å². The predicted molar refractivity (Wildman–Crippen MR) is 136 cm³/mol. The minimum atomic E-state index is -1.48. The molecule has 4 rings (SSSR count). The first-order chi connectivity index (χ1) is 16.8. The van der Waals surface area contributed by atoms with Gasteiger partial charge in [0.15, 0.2) is 6.04 Å². The van der Waals surface area contributed by atoms with Gasteiger partial charge in [-0.3, -0.25) is 9.59 Å². The summed E-state index contributed by atoms with van der Waals surface area (Å²) >= 11 is 0. The van der Waals surface area contributed by atoms with Crippen molar-refractivity contribution in [3.63, 3.8) is 0 Å². The molecule has 1 aromatic heterocycles. The highest BCUT2D eigenvalue weighted by Gasteiger charge is 2.46. The van der Waals surface area contributed by atoms with E-state index in [1.807, 2.05) is 0 Å². The Labute approximate surface area is 210 Å². The smallest absolute Gasteiger partial charge is 0.341 e. The summed E-state index contributed by atoms with van der Waals surface area (Å²) in [7, 11) is 0. The molecule has 1 aliphatic carbocycles. The molecule has 2 aromatic rings. The van der Waals surface area contributed by atoms with Crippen LogP contribution in [0.15, 0.2) is 39.4 Å². The Bertz CT molecular complexity index is 1350. The number of hydrogen-bond acceptors (Lipinski definition) is 7. The number of carbonyl (C=O) groups excluding carboxylic acids is 2. The molecule has 2 aliphatic rings. The molecule has 9 nitrogen and oxygen atoms in total. The first kappa shape index (κ1) is 25.7. The third-order valence-electron chi connectivity index (χ3n) is 6.18. The van der Waals surface area contributed by atoms with Crippen LogP contribution in [0, 0.1) is 0 Å². The van der Waals surface area contributed by atoms with E-state index in [9.17, 15) is 19.2 Å². The number of hydrogen-bond donors (Lipinski definition) is 1. The topological polar surface area (TPSA) is 109 Å². The van der Waals surface area contributed by atoms with Gasteiger partial charge in [-0.2, -0.15) is 4.68 Å². The quantitative estimate of drug-likeness (QED) is 0.644. The minimum Gasteiger partial charge on any atom is -0.458 e. The van der Waals surface area contributed by atoms with Crippen molar-refractivity contribution >= 4 is 28.5 Å². The van der Waals surface area contributed by atoms with Gasteiger partial charge in [0.25, 0.3) is 11.1 Å². The Morgan fingerprint density at radius 1 is 0.861 bits per heavy atom. The van der Waals surface area contributed by atoms with Crippen molar-refractivity contribution in [3.8, 4) is 0 Å². The van der Waals surface area contributed by atoms with Crippen LogP contribution in [0.2, 0.25) is 0 Å². The summed E-state index contributed by atoms with van der Waals surface area (Å²) in [6, 6.07) is 4.94. The largest absolute Gasteiger partial charge is 0.458 e. The van der Waals surface area contributed by atoms with Crippen molar-refractivity contribution < 1.29 is 19.1 Å². The highest BCUT2D eigenvalue weighted by atomic mass is 16.6. The van der Waals surface area contributed by atoms with Crippen LogP contribution in [0.3, 0.4) is 0 Å². The molecule has 0 amide bonds. The fourth-order valence-corrected chi connectivity index (χ4v) is 4.79. The molecule has 9 heteroatoms. The molecule has 1 atom stereocenters. The van der Waals surface area contributed by atoms with Crippen molar-refractivity contribution in [2.24, 2.45) is 0 Å². The third kappa shape index (κ3) is 4.96. The van der Waals surface area contributed by atoms with Crippen LogP contribution >= 0.6 is 0 Å². The van der Waals surface area contributed by atoms with Gasteiger partial charge in [0.2, 0.25) is 0 Å². The van der Waals surface area contributed by atoms with E-state index in [0.717, 1.165) is 41.5 Å². The van der Waals surface area contributed by atoms with Gasteiger partial charge in [-0.15, -0.1) is 0 Å². The lowest BCUT2D eigenvalue weighted by Crippen LogP contribution is -2.42. The van der Waals surface area contributed by atoms with E-state index in [0.29, 0.717) is 0 Å². The Morgan fingerprint density at radius 3 is 1.97 bits per heavy atom. The molecule has 1 unspecified atom stereocenters. The van der Waals surface area contributed by atoms with Crippen molar-refractivity contribution in [2.75, 3.05) is 0 Å². The van der Waals surface area contributed by atoms with Gasteiger partial charge in [-0.1, -0.05) is 31.4 Å². The lowest BCUT2D eigenvalue weighted by molar-refractivity contribution is -0.161. The zero-order valence-electron chi connectivity index (χ0n) is 21.8. The standard InChI is InChI=1S/C27H35N3O6/c1-26(2,3)35-24(33)19-20(25(34)36-27(4,5)6)29-22(31)17-14-10-11-15-18(17)23(32)30(29)21(19)28-16-12-8-7-9-13-16/h10-11,14-16,20,28H,7-9,12-13H2,1-6H3. The first-order valence-electron chi connectivity index (χ1n) is 12.5. The van der Waals surface area contributed by atoms with E-state index < -0.39 is 40.3 Å². The molecule has 0 saturated heterocycles. The monoisotopic (exact) mass is 497 g/mol. The van der Waals surface area contributed by atoms with Gasteiger partial charge in [0.1, 0.15) is 22.6 Å². The predicted octanol–water partition coefficient (Wildman–Crippen LogP) is 3.49. The average molecular weight is 498 g/mol. The number of fused-ring (bicyclic) bond motifs is 2. The molecule has 1 N–H and O–H groups in total. The maximum atomic E-state index is 13.8. The van der Waals surface area contributed by atoms with E-state index in [1.165, 1.54) is 0 Å². The van der Waals surface area contributed by atoms with Crippen LogP contribution in [0.5, 0.6) is 0 Å². The van der Waals surface area contributed by atoms with Crippen LogP contribution in [-0.2, 0) is 19.1 Å². The van der Waals surface area contributed by atoms with Gasteiger partial charge in [0.05, 0.1) is 10.8 Å². The number of benzene rings is 1. The number of esters is 2. The van der Waals surface area contributed by atoms with Gasteiger partial charge in [-0.05, 0) is 66.5 Å². The fraction of sp³-hybridized carbons (Fsp3) is 0.556. The molecule has 0 radical (unpaired) electrons. The van der Waals surface area contributed by atoms with Gasteiger partial charge < -0.3 is 14.8 Å². The van der Waals surface area contributed by atoms with Crippen LogP contribution in [-0.4, -0.2) is 38.5 Å². The zero-order valence-corrected chi connectivity index (χ0v) is 21.8. The molecule has 0 spiro atoms. The third-order valence-corrected chi connectivity index (χ3v) is 6.18. The Balaban J connectivity index is 2.02. The summed E-state index contributed by atoms with van der Waals surface area (Å²) in [6.07, 6.45) is 4.80. The van der Waals surface area contributed by atoms with Crippen LogP contribution < -0.4 is 16.4 Å². The van der Waals surface area contributed by atoms with Gasteiger partial charge in [-0.25, -0.2) is 14.3 Å². The van der Waals surface area contributed by atoms with Crippen molar-refractivity contribution in [2.45, 2.75) is 96.9 Å². The molecular weight excluding hydrogens is 462 g/mol. The number of rotatable bonds is 4. The highest BCUT2D eigenvalue weighted by molar-refractivity contribution is 6.03. The summed E-state index contributed by atoms with van der Waals surface area (Å²) in [5.74, 6) is -1.48. The van der Waals surface area contributed by atoms with Crippen LogP contribution in [0.25, 0.3) is 16.6 Å². The Kier molecular flexibility index (Phi) is 6.62. The second kappa shape index (κ2) is 9.26. The molecule has 0 bridgehead atoms. The van der Waals surface area contributed by atoms with E-state index in [-0.39, 0.29) is 28.2 Å². The maximum Gasteiger partial charge on any atom is 0.341 e. The van der Waals surface area contributed by atoms with E-state index in [1.54, 1.807) is 65.8 Å². The van der Waals surface area contributed by atoms with E-state index >= 15 is 0 Å². The van der Waals surface area contributed by atoms with E-state index in [2.05, 4.69) is 5.32 Å². The second-order valence-electron chi connectivity index (χ2n) is 11.5. The molecular formula is C27H35N3O6. The van der Waals surface area contributed by atoms with Gasteiger partial charge in [0, 0.05) is 6.04 Å². The molecule has 194 valence electrons. The highest BCUT2D eigenvalue weighted by Crippen LogP contribution is 2.34. The SMILES string of the molecule is CC(C)(C)OC(=O)C1=C(NC2CCCCC2)n2c(=O)c3ccccc3c(=O)n2C1C(=O)OC(C)(C)C. The number of nitrogens with one attached hydrogen (secondary N) is 1. The molecule has 1 saturated carbocycles. The molecule has 1 aromatic carbocycles. The Morgan fingerprint density at radius 2 is 1.42 bits per heavy atom.